The lowest BCUT2D eigenvalue weighted by molar-refractivity contribution is -0.115. The number of anilines is 1. The third-order valence-electron chi connectivity index (χ3n) is 3.97. The van der Waals surface area contributed by atoms with E-state index in [1.54, 1.807) is 20.3 Å². The van der Waals surface area contributed by atoms with Gasteiger partial charge in [0.15, 0.2) is 0 Å². The predicted molar refractivity (Wildman–Crippen MR) is 110 cm³/mol. The molecule has 4 nitrogen and oxygen atoms in total. The summed E-state index contributed by atoms with van der Waals surface area (Å²) in [4.78, 5) is 14.0. The lowest BCUT2D eigenvalue weighted by atomic mass is 10.1. The van der Waals surface area contributed by atoms with Gasteiger partial charge in [-0.25, -0.2) is 0 Å². The van der Waals surface area contributed by atoms with Crippen molar-refractivity contribution in [3.63, 3.8) is 0 Å². The first kappa shape index (κ1) is 18.9. The van der Waals surface area contributed by atoms with E-state index in [4.69, 9.17) is 9.47 Å². The molecule has 0 aliphatic rings. The molecule has 0 radical (unpaired) electrons. The number of hydrogen-bond donors (Lipinski definition) is 1. The van der Waals surface area contributed by atoms with Crippen LogP contribution in [0, 0.1) is 0 Å². The van der Waals surface area contributed by atoms with Gasteiger partial charge in [0.25, 0.3) is 0 Å². The van der Waals surface area contributed by atoms with Crippen LogP contribution in [0.2, 0.25) is 0 Å². The van der Waals surface area contributed by atoms with Crippen molar-refractivity contribution in [3.8, 4) is 11.5 Å². The number of carbonyl (C=O) groups is 1. The van der Waals surface area contributed by atoms with Gasteiger partial charge in [-0.05, 0) is 35.9 Å². The van der Waals surface area contributed by atoms with Crippen LogP contribution in [0.25, 0.3) is 0 Å². The average molecular weight is 379 g/mol. The summed E-state index contributed by atoms with van der Waals surface area (Å²) in [7, 11) is 3.24. The molecule has 1 amide bonds. The maximum absolute atomic E-state index is 13.1. The largest absolute Gasteiger partial charge is 0.497 e. The smallest absolute Gasteiger partial charge is 0.242 e. The Balaban J connectivity index is 1.86. The molecular formula is C22H21NO3S. The maximum Gasteiger partial charge on any atom is 0.242 e. The minimum Gasteiger partial charge on any atom is -0.497 e. The molecule has 1 N–H and O–H groups in total. The van der Waals surface area contributed by atoms with Crippen LogP contribution >= 0.6 is 11.8 Å². The summed E-state index contributed by atoms with van der Waals surface area (Å²) in [5, 5.41) is 2.59. The van der Waals surface area contributed by atoms with Crippen molar-refractivity contribution in [2.24, 2.45) is 0 Å². The molecule has 3 aromatic rings. The van der Waals surface area contributed by atoms with Crippen molar-refractivity contribution in [1.29, 1.82) is 0 Å². The SMILES string of the molecule is COc1cccc(NC(=O)C(Sc2cccc(OC)c2)c2ccccc2)c1. The first-order valence-electron chi connectivity index (χ1n) is 8.50. The molecule has 138 valence electrons. The highest BCUT2D eigenvalue weighted by molar-refractivity contribution is 8.00. The van der Waals surface area contributed by atoms with Gasteiger partial charge in [0.05, 0.1) is 14.2 Å². The zero-order chi connectivity index (χ0) is 19.1. The molecule has 1 atom stereocenters. The van der Waals surface area contributed by atoms with Gasteiger partial charge in [0, 0.05) is 16.6 Å². The van der Waals surface area contributed by atoms with Gasteiger partial charge in [-0.3, -0.25) is 4.79 Å². The fraction of sp³-hybridized carbons (Fsp3) is 0.136. The Kier molecular flexibility index (Phi) is 6.39. The van der Waals surface area contributed by atoms with Gasteiger partial charge in [-0.15, -0.1) is 11.8 Å². The summed E-state index contributed by atoms with van der Waals surface area (Å²) in [6.07, 6.45) is 0. The van der Waals surface area contributed by atoms with E-state index < -0.39 is 5.25 Å². The minimum atomic E-state index is -0.399. The Morgan fingerprint density at radius 3 is 2.22 bits per heavy atom. The molecule has 5 heteroatoms. The van der Waals surface area contributed by atoms with Crippen molar-refractivity contribution in [2.75, 3.05) is 19.5 Å². The van der Waals surface area contributed by atoms with Crippen molar-refractivity contribution in [2.45, 2.75) is 10.1 Å². The number of thioether (sulfide) groups is 1. The molecule has 0 spiro atoms. The average Bonchev–Trinajstić information content (AvgIpc) is 2.73. The van der Waals surface area contributed by atoms with Crippen molar-refractivity contribution in [1.82, 2.24) is 0 Å². The van der Waals surface area contributed by atoms with Crippen LogP contribution < -0.4 is 14.8 Å². The molecule has 27 heavy (non-hydrogen) atoms. The van der Waals surface area contributed by atoms with Crippen LogP contribution in [0.5, 0.6) is 11.5 Å². The van der Waals surface area contributed by atoms with Gasteiger partial charge in [0.1, 0.15) is 16.7 Å². The van der Waals surface area contributed by atoms with Crippen LogP contribution in [0.15, 0.2) is 83.8 Å². The van der Waals surface area contributed by atoms with Crippen molar-refractivity contribution in [3.05, 3.63) is 84.4 Å². The number of ether oxygens (including phenoxy) is 2. The number of hydrogen-bond acceptors (Lipinski definition) is 4. The first-order valence-corrected chi connectivity index (χ1v) is 9.38. The van der Waals surface area contributed by atoms with Crippen LogP contribution in [0.4, 0.5) is 5.69 Å². The molecule has 3 aromatic carbocycles. The molecule has 0 heterocycles. The monoisotopic (exact) mass is 379 g/mol. The second-order valence-corrected chi connectivity index (χ2v) is 6.99. The lowest BCUT2D eigenvalue weighted by Crippen LogP contribution is -2.19. The maximum atomic E-state index is 13.1. The third kappa shape index (κ3) is 5.05. The first-order chi connectivity index (χ1) is 13.2. The normalized spacial score (nSPS) is 11.5. The fourth-order valence-electron chi connectivity index (χ4n) is 2.62. The Morgan fingerprint density at radius 2 is 1.52 bits per heavy atom. The number of carbonyl (C=O) groups excluding carboxylic acids is 1. The molecular weight excluding hydrogens is 358 g/mol. The van der Waals surface area contributed by atoms with Gasteiger partial charge in [0.2, 0.25) is 5.91 Å². The Bertz CT molecular complexity index is 899. The molecule has 0 aliphatic heterocycles. The lowest BCUT2D eigenvalue weighted by Gasteiger charge is -2.18. The van der Waals surface area contributed by atoms with Gasteiger partial charge in [-0.2, -0.15) is 0 Å². The van der Waals surface area contributed by atoms with E-state index in [2.05, 4.69) is 5.32 Å². The quantitative estimate of drug-likeness (QED) is 0.575. The van der Waals surface area contributed by atoms with E-state index in [1.807, 2.05) is 72.8 Å². The van der Waals surface area contributed by atoms with Crippen LogP contribution in [-0.4, -0.2) is 20.1 Å². The van der Waals surface area contributed by atoms with E-state index in [0.29, 0.717) is 11.4 Å². The zero-order valence-electron chi connectivity index (χ0n) is 15.2. The summed E-state index contributed by atoms with van der Waals surface area (Å²) >= 11 is 1.49. The van der Waals surface area contributed by atoms with Crippen molar-refractivity contribution >= 4 is 23.4 Å². The number of rotatable bonds is 7. The minimum absolute atomic E-state index is 0.0951. The van der Waals surface area contributed by atoms with Gasteiger partial charge < -0.3 is 14.8 Å². The molecule has 0 saturated carbocycles. The Morgan fingerprint density at radius 1 is 0.852 bits per heavy atom. The summed E-state index contributed by atoms with van der Waals surface area (Å²) in [5.41, 5.74) is 1.64. The molecule has 0 fully saturated rings. The Hall–Kier alpha value is -2.92. The van der Waals surface area contributed by atoms with Crippen LogP contribution in [-0.2, 0) is 4.79 Å². The molecule has 3 rings (SSSR count). The van der Waals surface area contributed by atoms with E-state index >= 15 is 0 Å². The summed E-state index contributed by atoms with van der Waals surface area (Å²) in [6, 6.07) is 24.8. The Labute approximate surface area is 163 Å². The number of amides is 1. The summed E-state index contributed by atoms with van der Waals surface area (Å²) in [6.45, 7) is 0. The second-order valence-electron chi connectivity index (χ2n) is 5.81. The summed E-state index contributed by atoms with van der Waals surface area (Å²) in [5.74, 6) is 1.37. The topological polar surface area (TPSA) is 47.6 Å². The van der Waals surface area contributed by atoms with E-state index in [-0.39, 0.29) is 5.91 Å². The zero-order valence-corrected chi connectivity index (χ0v) is 16.0. The summed E-state index contributed by atoms with van der Waals surface area (Å²) < 4.78 is 10.5. The standard InChI is InChI=1S/C22H21NO3S/c1-25-18-11-6-10-17(14-18)23-22(24)21(16-8-4-3-5-9-16)27-20-13-7-12-19(15-20)26-2/h3-15,21H,1-2H3,(H,23,24). The van der Waals surface area contributed by atoms with Crippen LogP contribution in [0.1, 0.15) is 10.8 Å². The van der Waals surface area contributed by atoms with E-state index in [1.165, 1.54) is 11.8 Å². The van der Waals surface area contributed by atoms with E-state index in [0.717, 1.165) is 16.2 Å². The second kappa shape index (κ2) is 9.14. The third-order valence-corrected chi connectivity index (χ3v) is 5.22. The van der Waals surface area contributed by atoms with E-state index in [9.17, 15) is 4.79 Å². The molecule has 0 aliphatic carbocycles. The fourth-order valence-corrected chi connectivity index (χ4v) is 3.69. The van der Waals surface area contributed by atoms with Crippen molar-refractivity contribution < 1.29 is 14.3 Å². The number of nitrogens with one attached hydrogen (secondary N) is 1. The number of methoxy groups -OCH3 is 2. The highest BCUT2D eigenvalue weighted by Crippen LogP contribution is 2.37. The molecule has 0 aromatic heterocycles. The molecule has 1 unspecified atom stereocenters. The molecule has 0 bridgehead atoms. The molecule has 0 saturated heterocycles. The van der Waals surface area contributed by atoms with Crippen LogP contribution in [0.3, 0.4) is 0 Å². The van der Waals surface area contributed by atoms with Gasteiger partial charge in [-0.1, -0.05) is 42.5 Å². The predicted octanol–water partition coefficient (Wildman–Crippen LogP) is 5.18. The number of benzene rings is 3. The van der Waals surface area contributed by atoms with Gasteiger partial charge >= 0.3 is 0 Å². The highest BCUT2D eigenvalue weighted by atomic mass is 32.2. The highest BCUT2D eigenvalue weighted by Gasteiger charge is 2.22.